The number of H-pyrrole nitrogens is 1. The first-order chi connectivity index (χ1) is 10.7. The van der Waals surface area contributed by atoms with Crippen molar-refractivity contribution in [3.63, 3.8) is 0 Å². The van der Waals surface area contributed by atoms with E-state index in [4.69, 9.17) is 0 Å². The van der Waals surface area contributed by atoms with Gasteiger partial charge in [-0.2, -0.15) is 5.10 Å². The van der Waals surface area contributed by atoms with Crippen molar-refractivity contribution in [2.45, 2.75) is 32.2 Å². The molecule has 6 heteroatoms. The van der Waals surface area contributed by atoms with Crippen LogP contribution in [-0.4, -0.2) is 27.1 Å². The maximum Gasteiger partial charge on any atom is 0.235 e. The van der Waals surface area contributed by atoms with Crippen LogP contribution in [0.15, 0.2) is 29.6 Å². The fourth-order valence-corrected chi connectivity index (χ4v) is 3.53. The molecule has 22 heavy (non-hydrogen) atoms. The summed E-state index contributed by atoms with van der Waals surface area (Å²) in [6, 6.07) is 8.17. The summed E-state index contributed by atoms with van der Waals surface area (Å²) in [7, 11) is 0. The second-order valence-electron chi connectivity index (χ2n) is 5.66. The Kier molecular flexibility index (Phi) is 3.18. The first kappa shape index (κ1) is 13.5. The van der Waals surface area contributed by atoms with Crippen LogP contribution in [0.5, 0.6) is 0 Å². The predicted molar refractivity (Wildman–Crippen MR) is 87.2 cm³/mol. The van der Waals surface area contributed by atoms with Crippen LogP contribution in [0, 0.1) is 6.92 Å². The molecule has 0 atom stereocenters. The third kappa shape index (κ3) is 2.39. The third-order valence-corrected chi connectivity index (χ3v) is 4.82. The lowest BCUT2D eigenvalue weighted by molar-refractivity contribution is -0.118. The molecular weight excluding hydrogens is 296 g/mol. The highest BCUT2D eigenvalue weighted by Crippen LogP contribution is 2.34. The van der Waals surface area contributed by atoms with E-state index in [0.717, 1.165) is 40.3 Å². The van der Waals surface area contributed by atoms with Crippen LogP contribution >= 0.6 is 11.3 Å². The van der Waals surface area contributed by atoms with E-state index in [1.54, 1.807) is 0 Å². The topological polar surface area (TPSA) is 61.9 Å². The smallest absolute Gasteiger partial charge is 0.235 e. The van der Waals surface area contributed by atoms with Crippen molar-refractivity contribution in [1.82, 2.24) is 15.2 Å². The minimum atomic E-state index is 0.0891. The molecule has 0 unspecified atom stereocenters. The van der Waals surface area contributed by atoms with Gasteiger partial charge in [-0.05, 0) is 25.8 Å². The minimum absolute atomic E-state index is 0.0891. The van der Waals surface area contributed by atoms with Crippen LogP contribution < -0.4 is 4.90 Å². The number of carbonyl (C=O) groups excluding carboxylic acids is 1. The standard InChI is InChI=1S/C16H16N4OS/c1-10-9-22-16(17-10)20(11-6-7-11)15(21)8-14-12-4-2-3-5-13(12)18-19-14/h2-5,9,11H,6-8H2,1H3,(H,18,19). The van der Waals surface area contributed by atoms with Gasteiger partial charge in [0.05, 0.1) is 23.3 Å². The van der Waals surface area contributed by atoms with Gasteiger partial charge in [0, 0.05) is 16.8 Å². The molecule has 5 nitrogen and oxygen atoms in total. The Hall–Kier alpha value is -2.21. The lowest BCUT2D eigenvalue weighted by Crippen LogP contribution is -2.34. The number of fused-ring (bicyclic) bond motifs is 1. The lowest BCUT2D eigenvalue weighted by Gasteiger charge is -2.19. The van der Waals surface area contributed by atoms with E-state index in [0.29, 0.717) is 12.5 Å². The molecule has 1 amide bonds. The molecule has 2 aromatic heterocycles. The molecule has 0 bridgehead atoms. The van der Waals surface area contributed by atoms with Crippen molar-refractivity contribution < 1.29 is 4.79 Å². The van der Waals surface area contributed by atoms with E-state index in [9.17, 15) is 4.79 Å². The fraction of sp³-hybridized carbons (Fsp3) is 0.312. The average molecular weight is 312 g/mol. The summed E-state index contributed by atoms with van der Waals surface area (Å²) in [5.74, 6) is 0.0891. The highest BCUT2D eigenvalue weighted by molar-refractivity contribution is 7.14. The molecule has 0 spiro atoms. The van der Waals surface area contributed by atoms with Gasteiger partial charge >= 0.3 is 0 Å². The van der Waals surface area contributed by atoms with Gasteiger partial charge in [0.1, 0.15) is 0 Å². The summed E-state index contributed by atoms with van der Waals surface area (Å²) >= 11 is 1.54. The largest absolute Gasteiger partial charge is 0.285 e. The first-order valence-electron chi connectivity index (χ1n) is 7.38. The molecule has 0 saturated heterocycles. The van der Waals surface area contributed by atoms with Gasteiger partial charge in [0.15, 0.2) is 5.13 Å². The van der Waals surface area contributed by atoms with Crippen molar-refractivity contribution in [3.05, 3.63) is 41.0 Å². The summed E-state index contributed by atoms with van der Waals surface area (Å²) in [6.07, 6.45) is 2.46. The number of aromatic amines is 1. The van der Waals surface area contributed by atoms with Gasteiger partial charge in [-0.1, -0.05) is 18.2 Å². The number of thiazole rings is 1. The van der Waals surface area contributed by atoms with E-state index >= 15 is 0 Å². The van der Waals surface area contributed by atoms with E-state index in [-0.39, 0.29) is 5.91 Å². The number of nitrogens with zero attached hydrogens (tertiary/aromatic N) is 3. The van der Waals surface area contributed by atoms with Crippen molar-refractivity contribution in [2.75, 3.05) is 4.90 Å². The molecule has 1 aliphatic rings. The van der Waals surface area contributed by atoms with Crippen LogP contribution in [0.1, 0.15) is 24.2 Å². The highest BCUT2D eigenvalue weighted by atomic mass is 32.1. The summed E-state index contributed by atoms with van der Waals surface area (Å²) in [5.41, 5.74) is 2.73. The Bertz CT molecular complexity index is 833. The van der Waals surface area contributed by atoms with Crippen LogP contribution in [0.4, 0.5) is 5.13 Å². The molecule has 1 N–H and O–H groups in total. The zero-order valence-corrected chi connectivity index (χ0v) is 13.1. The second-order valence-corrected chi connectivity index (χ2v) is 6.50. The number of aryl methyl sites for hydroxylation is 1. The Morgan fingerprint density at radius 2 is 2.23 bits per heavy atom. The van der Waals surface area contributed by atoms with Crippen LogP contribution in [0.25, 0.3) is 10.9 Å². The SMILES string of the molecule is Cc1csc(N(C(=O)Cc2[nH]nc3ccccc23)C2CC2)n1. The lowest BCUT2D eigenvalue weighted by atomic mass is 10.1. The van der Waals surface area contributed by atoms with Gasteiger partial charge in [0.25, 0.3) is 0 Å². The summed E-state index contributed by atoms with van der Waals surface area (Å²) in [6.45, 7) is 1.96. The molecule has 1 saturated carbocycles. The number of para-hydroxylation sites is 1. The molecule has 0 aliphatic heterocycles. The average Bonchev–Trinajstić information content (AvgIpc) is 3.12. The van der Waals surface area contributed by atoms with E-state index in [1.165, 1.54) is 11.3 Å². The Labute approximate surface area is 132 Å². The number of aromatic nitrogens is 3. The van der Waals surface area contributed by atoms with Crippen LogP contribution in [0.2, 0.25) is 0 Å². The number of nitrogens with one attached hydrogen (secondary N) is 1. The monoisotopic (exact) mass is 312 g/mol. The molecule has 0 radical (unpaired) electrons. The second kappa shape index (κ2) is 5.21. The molecule has 3 aromatic rings. The van der Waals surface area contributed by atoms with Crippen molar-refractivity contribution in [2.24, 2.45) is 0 Å². The molecule has 1 aromatic carbocycles. The molecular formula is C16H16N4OS. The van der Waals surface area contributed by atoms with Crippen LogP contribution in [0.3, 0.4) is 0 Å². The Morgan fingerprint density at radius 3 is 2.95 bits per heavy atom. The quantitative estimate of drug-likeness (QED) is 0.805. The zero-order chi connectivity index (χ0) is 15.1. The molecule has 1 aliphatic carbocycles. The molecule has 112 valence electrons. The maximum atomic E-state index is 12.8. The Balaban J connectivity index is 1.62. The maximum absolute atomic E-state index is 12.8. The first-order valence-corrected chi connectivity index (χ1v) is 8.26. The van der Waals surface area contributed by atoms with Crippen LogP contribution in [-0.2, 0) is 11.2 Å². The third-order valence-electron chi connectivity index (χ3n) is 3.86. The summed E-state index contributed by atoms with van der Waals surface area (Å²) < 4.78 is 0. The van der Waals surface area contributed by atoms with Crippen molar-refractivity contribution in [3.8, 4) is 0 Å². The van der Waals surface area contributed by atoms with Gasteiger partial charge in [-0.25, -0.2) is 4.98 Å². The van der Waals surface area contributed by atoms with Gasteiger partial charge in [0.2, 0.25) is 5.91 Å². The number of carbonyl (C=O) groups is 1. The number of benzene rings is 1. The van der Waals surface area contributed by atoms with Gasteiger partial charge < -0.3 is 0 Å². The van der Waals surface area contributed by atoms with E-state index in [1.807, 2.05) is 41.5 Å². The number of anilines is 1. The molecule has 1 fully saturated rings. The number of amides is 1. The Morgan fingerprint density at radius 1 is 1.41 bits per heavy atom. The van der Waals surface area contributed by atoms with Gasteiger partial charge in [-0.15, -0.1) is 11.3 Å². The number of hydrogen-bond donors (Lipinski definition) is 1. The summed E-state index contributed by atoms with van der Waals surface area (Å²) in [4.78, 5) is 19.1. The molecule has 2 heterocycles. The van der Waals surface area contributed by atoms with E-state index in [2.05, 4.69) is 15.2 Å². The molecule has 4 rings (SSSR count). The minimum Gasteiger partial charge on any atom is -0.285 e. The van der Waals surface area contributed by atoms with Crippen molar-refractivity contribution >= 4 is 33.3 Å². The van der Waals surface area contributed by atoms with Crippen molar-refractivity contribution in [1.29, 1.82) is 0 Å². The zero-order valence-electron chi connectivity index (χ0n) is 12.2. The van der Waals surface area contributed by atoms with E-state index < -0.39 is 0 Å². The number of hydrogen-bond acceptors (Lipinski definition) is 4. The predicted octanol–water partition coefficient (Wildman–Crippen LogP) is 3.07. The number of rotatable bonds is 4. The fourth-order valence-electron chi connectivity index (χ4n) is 2.64. The van der Waals surface area contributed by atoms with Gasteiger partial charge in [-0.3, -0.25) is 14.8 Å². The highest BCUT2D eigenvalue weighted by Gasteiger charge is 2.35. The summed E-state index contributed by atoms with van der Waals surface area (Å²) in [5, 5.41) is 11.1. The normalized spacial score (nSPS) is 14.4.